The second kappa shape index (κ2) is 7.82. The number of hydrogen-bond acceptors (Lipinski definition) is 4. The zero-order valence-electron chi connectivity index (χ0n) is 15.0. The van der Waals surface area contributed by atoms with E-state index in [1.165, 1.54) is 6.33 Å². The third-order valence-electron chi connectivity index (χ3n) is 4.67. The van der Waals surface area contributed by atoms with Gasteiger partial charge >= 0.3 is 0 Å². The van der Waals surface area contributed by atoms with Crippen molar-refractivity contribution in [2.45, 2.75) is 13.0 Å². The fourth-order valence-corrected chi connectivity index (χ4v) is 3.46. The second-order valence-electron chi connectivity index (χ2n) is 6.64. The molecule has 1 unspecified atom stereocenters. The molecule has 0 spiro atoms. The molecule has 1 aliphatic rings. The predicted octanol–water partition coefficient (Wildman–Crippen LogP) is 2.97. The summed E-state index contributed by atoms with van der Waals surface area (Å²) in [5.74, 6) is -0.693. The Morgan fingerprint density at radius 2 is 1.96 bits per heavy atom. The van der Waals surface area contributed by atoms with E-state index in [1.54, 1.807) is 28.0 Å². The van der Waals surface area contributed by atoms with E-state index in [2.05, 4.69) is 15.4 Å². The van der Waals surface area contributed by atoms with Gasteiger partial charge in [-0.15, -0.1) is 0 Å². The monoisotopic (exact) mass is 395 g/mol. The van der Waals surface area contributed by atoms with Gasteiger partial charge in [0.05, 0.1) is 23.2 Å². The number of nitrogens with zero attached hydrogens (tertiary/aromatic N) is 4. The van der Waals surface area contributed by atoms with Gasteiger partial charge in [-0.1, -0.05) is 35.9 Å². The number of carbonyl (C=O) groups is 2. The predicted molar refractivity (Wildman–Crippen MR) is 106 cm³/mol. The summed E-state index contributed by atoms with van der Waals surface area (Å²) >= 11 is 6.19. The minimum Gasteiger partial charge on any atom is -0.326 e. The van der Waals surface area contributed by atoms with Crippen molar-refractivity contribution >= 4 is 34.8 Å². The molecular weight excluding hydrogens is 378 g/mol. The molecule has 1 fully saturated rings. The van der Waals surface area contributed by atoms with Gasteiger partial charge in [0, 0.05) is 18.7 Å². The largest absolute Gasteiger partial charge is 0.326 e. The Balaban J connectivity index is 1.39. The number of benzene rings is 2. The van der Waals surface area contributed by atoms with Gasteiger partial charge in [0.15, 0.2) is 0 Å². The number of halogens is 1. The van der Waals surface area contributed by atoms with Crippen LogP contribution >= 0.6 is 11.6 Å². The highest BCUT2D eigenvalue weighted by Gasteiger charge is 2.35. The quantitative estimate of drug-likeness (QED) is 0.720. The van der Waals surface area contributed by atoms with Crippen molar-refractivity contribution in [1.29, 1.82) is 0 Å². The summed E-state index contributed by atoms with van der Waals surface area (Å²) in [6, 6.07) is 14.7. The zero-order valence-corrected chi connectivity index (χ0v) is 15.7. The van der Waals surface area contributed by atoms with Crippen LogP contribution < -0.4 is 10.2 Å². The van der Waals surface area contributed by atoms with E-state index in [0.29, 0.717) is 29.5 Å². The average molecular weight is 396 g/mol. The van der Waals surface area contributed by atoms with Gasteiger partial charge in [-0.3, -0.25) is 9.59 Å². The van der Waals surface area contributed by atoms with Crippen LogP contribution in [-0.2, 0) is 16.1 Å². The molecule has 8 heteroatoms. The Bertz CT molecular complexity index is 988. The second-order valence-corrected chi connectivity index (χ2v) is 7.04. The van der Waals surface area contributed by atoms with E-state index >= 15 is 0 Å². The molecule has 1 N–H and O–H groups in total. The van der Waals surface area contributed by atoms with Gasteiger partial charge in [-0.2, -0.15) is 5.10 Å². The Hall–Kier alpha value is -3.19. The smallest absolute Gasteiger partial charge is 0.229 e. The molecule has 1 aliphatic heterocycles. The van der Waals surface area contributed by atoms with Crippen molar-refractivity contribution in [3.05, 3.63) is 71.8 Å². The average Bonchev–Trinajstić information content (AvgIpc) is 3.33. The SMILES string of the molecule is O=C(Nc1ccc(Cn2cncn2)cc1)C1CC(=O)N(c2ccccc2Cl)C1. The highest BCUT2D eigenvalue weighted by Crippen LogP contribution is 2.31. The van der Waals surface area contributed by atoms with Crippen molar-refractivity contribution in [2.24, 2.45) is 5.92 Å². The van der Waals surface area contributed by atoms with E-state index in [4.69, 9.17) is 11.6 Å². The lowest BCUT2D eigenvalue weighted by Crippen LogP contribution is -2.28. The van der Waals surface area contributed by atoms with Crippen molar-refractivity contribution < 1.29 is 9.59 Å². The molecular formula is C20H18ClN5O2. The van der Waals surface area contributed by atoms with Crippen LogP contribution in [0.1, 0.15) is 12.0 Å². The van der Waals surface area contributed by atoms with E-state index in [1.807, 2.05) is 36.4 Å². The molecule has 3 aromatic rings. The number of amides is 2. The normalized spacial score (nSPS) is 16.4. The number of hydrogen-bond donors (Lipinski definition) is 1. The van der Waals surface area contributed by atoms with Gasteiger partial charge in [-0.05, 0) is 29.8 Å². The van der Waals surface area contributed by atoms with E-state index in [-0.39, 0.29) is 18.2 Å². The first kappa shape index (κ1) is 18.2. The summed E-state index contributed by atoms with van der Waals surface area (Å²) in [5.41, 5.74) is 2.38. The zero-order chi connectivity index (χ0) is 19.5. The molecule has 0 aliphatic carbocycles. The van der Waals surface area contributed by atoms with Crippen LogP contribution in [0.5, 0.6) is 0 Å². The number of para-hydroxylation sites is 1. The lowest BCUT2D eigenvalue weighted by atomic mass is 10.1. The molecule has 2 aromatic carbocycles. The Morgan fingerprint density at radius 3 is 2.68 bits per heavy atom. The van der Waals surface area contributed by atoms with Crippen LogP contribution in [0.15, 0.2) is 61.2 Å². The molecule has 2 amide bonds. The number of rotatable bonds is 5. The Morgan fingerprint density at radius 1 is 1.18 bits per heavy atom. The van der Waals surface area contributed by atoms with Crippen LogP contribution in [0.25, 0.3) is 0 Å². The van der Waals surface area contributed by atoms with Crippen LogP contribution in [-0.4, -0.2) is 33.1 Å². The number of nitrogens with one attached hydrogen (secondary N) is 1. The van der Waals surface area contributed by atoms with Gasteiger partial charge in [0.2, 0.25) is 11.8 Å². The molecule has 0 bridgehead atoms. The maximum atomic E-state index is 12.6. The Labute approximate surface area is 166 Å². The fourth-order valence-electron chi connectivity index (χ4n) is 3.23. The first-order valence-electron chi connectivity index (χ1n) is 8.87. The molecule has 0 radical (unpaired) electrons. The van der Waals surface area contributed by atoms with Gasteiger partial charge in [0.25, 0.3) is 0 Å². The van der Waals surface area contributed by atoms with Crippen LogP contribution in [0.2, 0.25) is 5.02 Å². The van der Waals surface area contributed by atoms with Gasteiger partial charge in [0.1, 0.15) is 12.7 Å². The van der Waals surface area contributed by atoms with E-state index in [0.717, 1.165) is 5.56 Å². The molecule has 142 valence electrons. The van der Waals surface area contributed by atoms with Gasteiger partial charge in [-0.25, -0.2) is 9.67 Å². The molecule has 28 heavy (non-hydrogen) atoms. The maximum Gasteiger partial charge on any atom is 0.229 e. The van der Waals surface area contributed by atoms with Gasteiger partial charge < -0.3 is 10.2 Å². The van der Waals surface area contributed by atoms with E-state index in [9.17, 15) is 9.59 Å². The molecule has 2 heterocycles. The minimum atomic E-state index is -0.418. The summed E-state index contributed by atoms with van der Waals surface area (Å²) in [6.45, 7) is 0.928. The third-order valence-corrected chi connectivity index (χ3v) is 4.99. The fraction of sp³-hybridized carbons (Fsp3) is 0.200. The lowest BCUT2D eigenvalue weighted by Gasteiger charge is -2.18. The number of anilines is 2. The summed E-state index contributed by atoms with van der Waals surface area (Å²) in [6.07, 6.45) is 3.31. The van der Waals surface area contributed by atoms with E-state index < -0.39 is 5.92 Å². The molecule has 4 rings (SSSR count). The molecule has 0 saturated carbocycles. The summed E-state index contributed by atoms with van der Waals surface area (Å²) in [7, 11) is 0. The van der Waals surface area contributed by atoms with Crippen LogP contribution in [0.4, 0.5) is 11.4 Å². The molecule has 1 aromatic heterocycles. The van der Waals surface area contributed by atoms with Crippen LogP contribution in [0, 0.1) is 5.92 Å². The van der Waals surface area contributed by atoms with Crippen molar-refractivity contribution in [1.82, 2.24) is 14.8 Å². The summed E-state index contributed by atoms with van der Waals surface area (Å²) in [4.78, 5) is 30.5. The summed E-state index contributed by atoms with van der Waals surface area (Å²) in [5, 5.41) is 7.46. The first-order chi connectivity index (χ1) is 13.6. The highest BCUT2D eigenvalue weighted by atomic mass is 35.5. The third kappa shape index (κ3) is 3.89. The van der Waals surface area contributed by atoms with Crippen molar-refractivity contribution in [3.63, 3.8) is 0 Å². The Kier molecular flexibility index (Phi) is 5.08. The molecule has 7 nitrogen and oxygen atoms in total. The number of carbonyl (C=O) groups excluding carboxylic acids is 2. The number of aromatic nitrogens is 3. The van der Waals surface area contributed by atoms with Crippen molar-refractivity contribution in [3.8, 4) is 0 Å². The minimum absolute atomic E-state index is 0.101. The first-order valence-corrected chi connectivity index (χ1v) is 9.25. The molecule has 1 atom stereocenters. The maximum absolute atomic E-state index is 12.6. The van der Waals surface area contributed by atoms with Crippen molar-refractivity contribution in [2.75, 3.05) is 16.8 Å². The standard InChI is InChI=1S/C20H18ClN5O2/c21-17-3-1-2-4-18(17)26-11-15(9-19(26)27)20(28)24-16-7-5-14(6-8-16)10-25-13-22-12-23-25/h1-8,12-13,15H,9-11H2,(H,24,28). The van der Waals surface area contributed by atoms with Crippen LogP contribution in [0.3, 0.4) is 0 Å². The highest BCUT2D eigenvalue weighted by molar-refractivity contribution is 6.33. The summed E-state index contributed by atoms with van der Waals surface area (Å²) < 4.78 is 1.72. The topological polar surface area (TPSA) is 80.1 Å². The lowest BCUT2D eigenvalue weighted by molar-refractivity contribution is -0.122. The molecule has 1 saturated heterocycles.